The number of hydrogen-bond donors (Lipinski definition) is 4. The topological polar surface area (TPSA) is 118 Å². The number of anilines is 2. The zero-order valence-corrected chi connectivity index (χ0v) is 10.1. The normalized spacial score (nSPS) is 10.8. The van der Waals surface area contributed by atoms with Gasteiger partial charge >= 0.3 is 0 Å². The lowest BCUT2D eigenvalue weighted by molar-refractivity contribution is 0.513. The maximum absolute atomic E-state index is 5.33. The Labute approximate surface area is 108 Å². The van der Waals surface area contributed by atoms with Crippen molar-refractivity contribution in [3.8, 4) is 0 Å². The molecule has 8 nitrogen and oxygen atoms in total. The smallest absolute Gasteiger partial charge is 0.241 e. The van der Waals surface area contributed by atoms with Crippen molar-refractivity contribution in [3.05, 3.63) is 30.4 Å². The maximum atomic E-state index is 5.33. The molecule has 8 heteroatoms. The van der Waals surface area contributed by atoms with E-state index in [-0.39, 0.29) is 0 Å². The molecule has 19 heavy (non-hydrogen) atoms. The van der Waals surface area contributed by atoms with Gasteiger partial charge in [0.15, 0.2) is 5.65 Å². The Kier molecular flexibility index (Phi) is 2.99. The van der Waals surface area contributed by atoms with Gasteiger partial charge in [-0.2, -0.15) is 15.1 Å². The second-order valence-electron chi connectivity index (χ2n) is 3.93. The lowest BCUT2D eigenvalue weighted by atomic mass is 10.3. The number of nitrogen functional groups attached to an aromatic ring is 1. The van der Waals surface area contributed by atoms with Crippen molar-refractivity contribution in [2.24, 2.45) is 5.84 Å². The molecule has 0 atom stereocenters. The Balaban J connectivity index is 1.77. The zero-order chi connectivity index (χ0) is 13.1. The average Bonchev–Trinajstić information content (AvgIpc) is 3.08. The van der Waals surface area contributed by atoms with E-state index in [1.807, 2.05) is 12.1 Å². The van der Waals surface area contributed by atoms with Gasteiger partial charge in [-0.1, -0.05) is 0 Å². The fourth-order valence-electron chi connectivity index (χ4n) is 1.79. The van der Waals surface area contributed by atoms with Gasteiger partial charge < -0.3 is 9.73 Å². The minimum atomic E-state index is 0.331. The van der Waals surface area contributed by atoms with Gasteiger partial charge in [0.2, 0.25) is 5.95 Å². The predicted octanol–water partition coefficient (Wildman–Crippen LogP) is 0.886. The summed E-state index contributed by atoms with van der Waals surface area (Å²) in [7, 11) is 0. The number of fused-ring (bicyclic) bond motifs is 1. The molecule has 3 rings (SSSR count). The molecule has 0 aliphatic heterocycles. The van der Waals surface area contributed by atoms with Crippen LogP contribution in [-0.2, 0) is 6.42 Å². The van der Waals surface area contributed by atoms with Crippen molar-refractivity contribution in [2.75, 3.05) is 17.3 Å². The van der Waals surface area contributed by atoms with E-state index in [1.165, 1.54) is 0 Å². The number of nitrogens with zero attached hydrogens (tertiary/aromatic N) is 3. The first-order valence-electron chi connectivity index (χ1n) is 5.81. The molecule has 0 radical (unpaired) electrons. The van der Waals surface area contributed by atoms with Crippen molar-refractivity contribution in [1.82, 2.24) is 20.2 Å². The van der Waals surface area contributed by atoms with Crippen LogP contribution >= 0.6 is 0 Å². The van der Waals surface area contributed by atoms with Gasteiger partial charge in [0.25, 0.3) is 0 Å². The second kappa shape index (κ2) is 4.94. The van der Waals surface area contributed by atoms with Crippen LogP contribution < -0.4 is 16.6 Å². The van der Waals surface area contributed by atoms with Crippen LogP contribution in [0.5, 0.6) is 0 Å². The number of hydrogen-bond acceptors (Lipinski definition) is 7. The van der Waals surface area contributed by atoms with E-state index in [0.29, 0.717) is 24.0 Å². The van der Waals surface area contributed by atoms with Crippen molar-refractivity contribution < 1.29 is 4.42 Å². The summed E-state index contributed by atoms with van der Waals surface area (Å²) in [6.07, 6.45) is 4.09. The van der Waals surface area contributed by atoms with Gasteiger partial charge in [-0.25, -0.2) is 5.84 Å². The van der Waals surface area contributed by atoms with Gasteiger partial charge in [0.1, 0.15) is 11.6 Å². The Bertz CT molecular complexity index is 661. The number of aromatic nitrogens is 4. The third kappa shape index (κ3) is 2.33. The zero-order valence-electron chi connectivity index (χ0n) is 10.1. The van der Waals surface area contributed by atoms with Crippen LogP contribution in [0.15, 0.2) is 29.0 Å². The highest BCUT2D eigenvalue weighted by Crippen LogP contribution is 2.19. The molecule has 5 N–H and O–H groups in total. The predicted molar refractivity (Wildman–Crippen MR) is 70.4 cm³/mol. The first kappa shape index (κ1) is 11.5. The molecule has 3 aromatic rings. The molecular weight excluding hydrogens is 246 g/mol. The summed E-state index contributed by atoms with van der Waals surface area (Å²) in [5, 5.41) is 10.8. The minimum absolute atomic E-state index is 0.331. The number of nitrogens with two attached hydrogens (primary N) is 1. The van der Waals surface area contributed by atoms with Crippen LogP contribution in [0.1, 0.15) is 5.76 Å². The summed E-state index contributed by atoms with van der Waals surface area (Å²) in [5.41, 5.74) is 3.05. The molecule has 0 aliphatic rings. The minimum Gasteiger partial charge on any atom is -0.469 e. The fourth-order valence-corrected chi connectivity index (χ4v) is 1.79. The Morgan fingerprint density at radius 1 is 1.37 bits per heavy atom. The summed E-state index contributed by atoms with van der Waals surface area (Å²) in [5.74, 6) is 7.26. The molecule has 0 spiro atoms. The van der Waals surface area contributed by atoms with E-state index >= 15 is 0 Å². The Hall–Kier alpha value is -2.61. The van der Waals surface area contributed by atoms with E-state index in [4.69, 9.17) is 10.3 Å². The lowest BCUT2D eigenvalue weighted by Gasteiger charge is -2.07. The van der Waals surface area contributed by atoms with Crippen LogP contribution in [0.25, 0.3) is 11.0 Å². The summed E-state index contributed by atoms with van der Waals surface area (Å²) >= 11 is 0. The lowest BCUT2D eigenvalue weighted by Crippen LogP contribution is -2.13. The van der Waals surface area contributed by atoms with Crippen molar-refractivity contribution in [2.45, 2.75) is 6.42 Å². The van der Waals surface area contributed by atoms with Crippen LogP contribution in [0, 0.1) is 0 Å². The van der Waals surface area contributed by atoms with Crippen LogP contribution in [-0.4, -0.2) is 26.7 Å². The van der Waals surface area contributed by atoms with Gasteiger partial charge in [-0.15, -0.1) is 0 Å². The first-order chi connectivity index (χ1) is 9.36. The fraction of sp³-hybridized carbons (Fsp3) is 0.182. The van der Waals surface area contributed by atoms with E-state index in [2.05, 4.69) is 30.9 Å². The third-order valence-electron chi connectivity index (χ3n) is 2.68. The van der Waals surface area contributed by atoms with Crippen LogP contribution in [0.2, 0.25) is 0 Å². The van der Waals surface area contributed by atoms with Crippen molar-refractivity contribution in [1.29, 1.82) is 0 Å². The summed E-state index contributed by atoms with van der Waals surface area (Å²) in [6, 6.07) is 3.80. The quantitative estimate of drug-likeness (QED) is 0.397. The van der Waals surface area contributed by atoms with E-state index in [9.17, 15) is 0 Å². The molecule has 3 heterocycles. The molecule has 0 amide bonds. The standard InChI is InChI=1S/C11H13N7O/c12-17-11-15-9(8-6-14-18-10(8)16-11)13-4-3-7-2-1-5-19-7/h1-2,5-6H,3-4,12H2,(H3,13,14,15,16,17,18). The number of furan rings is 1. The van der Waals surface area contributed by atoms with Crippen molar-refractivity contribution >= 4 is 22.8 Å². The van der Waals surface area contributed by atoms with Gasteiger partial charge in [-0.05, 0) is 12.1 Å². The number of aromatic amines is 1. The molecule has 0 aromatic carbocycles. The van der Waals surface area contributed by atoms with Gasteiger partial charge in [-0.3, -0.25) is 10.5 Å². The van der Waals surface area contributed by atoms with Crippen LogP contribution in [0.4, 0.5) is 11.8 Å². The highest BCUT2D eigenvalue weighted by Gasteiger charge is 2.08. The molecule has 3 aromatic heterocycles. The van der Waals surface area contributed by atoms with E-state index in [0.717, 1.165) is 17.6 Å². The third-order valence-corrected chi connectivity index (χ3v) is 2.68. The largest absolute Gasteiger partial charge is 0.469 e. The highest BCUT2D eigenvalue weighted by molar-refractivity contribution is 5.86. The first-order valence-corrected chi connectivity index (χ1v) is 5.81. The maximum Gasteiger partial charge on any atom is 0.241 e. The van der Waals surface area contributed by atoms with Gasteiger partial charge in [0, 0.05) is 13.0 Å². The molecular formula is C11H13N7O. The summed E-state index contributed by atoms with van der Waals surface area (Å²) in [6.45, 7) is 0.689. The molecule has 0 fully saturated rings. The Morgan fingerprint density at radius 3 is 3.11 bits per heavy atom. The summed E-state index contributed by atoms with van der Waals surface area (Å²) < 4.78 is 5.27. The average molecular weight is 259 g/mol. The number of hydrazine groups is 1. The molecule has 0 bridgehead atoms. The molecule has 0 saturated carbocycles. The SMILES string of the molecule is NNc1nc(NCCc2ccco2)c2cn[nH]c2n1. The van der Waals surface area contributed by atoms with Gasteiger partial charge in [0.05, 0.1) is 17.8 Å². The molecule has 0 saturated heterocycles. The van der Waals surface area contributed by atoms with E-state index < -0.39 is 0 Å². The number of H-pyrrole nitrogens is 1. The molecule has 0 unspecified atom stereocenters. The van der Waals surface area contributed by atoms with E-state index in [1.54, 1.807) is 12.5 Å². The molecule has 0 aliphatic carbocycles. The number of nitrogens with one attached hydrogen (secondary N) is 3. The molecule has 98 valence electrons. The van der Waals surface area contributed by atoms with Crippen LogP contribution in [0.3, 0.4) is 0 Å². The monoisotopic (exact) mass is 259 g/mol. The summed E-state index contributed by atoms with van der Waals surface area (Å²) in [4.78, 5) is 8.41. The Morgan fingerprint density at radius 2 is 2.32 bits per heavy atom. The van der Waals surface area contributed by atoms with Crippen molar-refractivity contribution in [3.63, 3.8) is 0 Å². The highest BCUT2D eigenvalue weighted by atomic mass is 16.3. The number of rotatable bonds is 5. The second-order valence-corrected chi connectivity index (χ2v) is 3.93.